The third-order valence-electron chi connectivity index (χ3n) is 6.23. The van der Waals surface area contributed by atoms with Crippen LogP contribution < -0.4 is 33.2 Å². The molecule has 1 aliphatic heterocycles. The van der Waals surface area contributed by atoms with Gasteiger partial charge >= 0.3 is 0 Å². The van der Waals surface area contributed by atoms with Gasteiger partial charge in [0.1, 0.15) is 24.2 Å². The molecule has 1 saturated heterocycles. The fraction of sp³-hybridized carbons (Fsp3) is 0.760. The van der Waals surface area contributed by atoms with E-state index >= 15 is 0 Å². The number of likely N-dealkylation sites (tertiary alicyclic amines) is 1. The predicted molar refractivity (Wildman–Crippen MR) is 144 cm³/mol. The molecule has 214 valence electrons. The summed E-state index contributed by atoms with van der Waals surface area (Å²) in [5, 5.41) is 17.6. The van der Waals surface area contributed by atoms with Crippen molar-refractivity contribution in [2.45, 2.75) is 96.3 Å². The molecule has 0 aliphatic carbocycles. The normalized spacial score (nSPS) is 17.2. The second-order valence-electron chi connectivity index (χ2n) is 10.1. The van der Waals surface area contributed by atoms with Gasteiger partial charge in [-0.25, -0.2) is 0 Å². The van der Waals surface area contributed by atoms with Gasteiger partial charge in [0.15, 0.2) is 5.96 Å². The molecule has 0 spiro atoms. The van der Waals surface area contributed by atoms with Crippen LogP contribution in [0.1, 0.15) is 72.1 Å². The molecule has 1 heterocycles. The minimum atomic E-state index is -0.924. The number of carbonyl (C=O) groups excluding carboxylic acids is 4. The summed E-state index contributed by atoms with van der Waals surface area (Å²) in [6.45, 7) is 6.33. The number of rotatable bonds is 16. The Kier molecular flexibility index (Phi) is 14.7. The average Bonchev–Trinajstić information content (AvgIpc) is 3.32. The Bertz CT molecular complexity index is 867. The van der Waals surface area contributed by atoms with Gasteiger partial charge in [-0.3, -0.25) is 24.2 Å². The Morgan fingerprint density at radius 1 is 1.00 bits per heavy atom. The molecule has 13 nitrogen and oxygen atoms in total. The van der Waals surface area contributed by atoms with E-state index in [9.17, 15) is 24.4 Å². The third kappa shape index (κ3) is 11.8. The highest BCUT2D eigenvalue weighted by molar-refractivity contribution is 5.94. The number of nitrogens with zero attached hydrogens (tertiary/aromatic N) is 3. The van der Waals surface area contributed by atoms with Crippen LogP contribution in [0.3, 0.4) is 0 Å². The Labute approximate surface area is 225 Å². The highest BCUT2D eigenvalue weighted by Crippen LogP contribution is 2.19. The van der Waals surface area contributed by atoms with Crippen LogP contribution in [0.2, 0.25) is 0 Å². The summed E-state index contributed by atoms with van der Waals surface area (Å²) in [6, 6.07) is -1.04. The van der Waals surface area contributed by atoms with E-state index in [1.54, 1.807) is 0 Å². The molecule has 9 N–H and O–H groups in total. The minimum absolute atomic E-state index is 0.0556. The molecule has 0 aromatic heterocycles. The van der Waals surface area contributed by atoms with Crippen molar-refractivity contribution in [2.24, 2.45) is 28.1 Å². The van der Waals surface area contributed by atoms with E-state index in [1.165, 1.54) is 11.8 Å². The zero-order valence-electron chi connectivity index (χ0n) is 22.9. The lowest BCUT2D eigenvalue weighted by molar-refractivity contribution is -0.138. The topological polar surface area (TPSA) is 222 Å². The van der Waals surface area contributed by atoms with Crippen LogP contribution in [-0.4, -0.2) is 78.3 Å². The quantitative estimate of drug-likeness (QED) is 0.0832. The summed E-state index contributed by atoms with van der Waals surface area (Å²) in [6.07, 6.45) is 4.01. The lowest BCUT2D eigenvalue weighted by atomic mass is 10.0. The zero-order valence-corrected chi connectivity index (χ0v) is 22.9. The lowest BCUT2D eigenvalue weighted by Gasteiger charge is -2.29. The maximum Gasteiger partial charge on any atom is 0.246 e. The standard InChI is InChI=1S/C25H45N9O4/c1-16(2)14-21(33-22(36)19(31-17(3)35)9-4-5-11-26)23(37)32-20(10-6-12-30-25(28)29)24(38)34-13-7-8-18(34)15-27/h16,18-21H,4-14,26H2,1-3H3,(H,31,35)(H,32,37)(H,33,36)(H4,28,29,30). The number of hydrogen-bond donors (Lipinski definition) is 6. The third-order valence-corrected chi connectivity index (χ3v) is 6.23. The largest absolute Gasteiger partial charge is 0.370 e. The Balaban J connectivity index is 3.06. The Morgan fingerprint density at radius 3 is 2.21 bits per heavy atom. The van der Waals surface area contributed by atoms with Gasteiger partial charge < -0.3 is 38.1 Å². The van der Waals surface area contributed by atoms with E-state index in [-0.39, 0.29) is 36.7 Å². The van der Waals surface area contributed by atoms with Crippen molar-refractivity contribution in [3.05, 3.63) is 0 Å². The molecule has 4 amide bonds. The van der Waals surface area contributed by atoms with Crippen molar-refractivity contribution >= 4 is 29.6 Å². The van der Waals surface area contributed by atoms with Crippen molar-refractivity contribution in [3.63, 3.8) is 0 Å². The fourth-order valence-corrected chi connectivity index (χ4v) is 4.38. The van der Waals surface area contributed by atoms with Crippen molar-refractivity contribution in [3.8, 4) is 6.07 Å². The summed E-state index contributed by atoms with van der Waals surface area (Å²) in [5.74, 6) is -1.70. The predicted octanol–water partition coefficient (Wildman–Crippen LogP) is -0.796. The second kappa shape index (κ2) is 17.2. The van der Waals surface area contributed by atoms with Gasteiger partial charge in [0.2, 0.25) is 23.6 Å². The smallest absolute Gasteiger partial charge is 0.246 e. The summed E-state index contributed by atoms with van der Waals surface area (Å²) >= 11 is 0. The molecule has 1 aliphatic rings. The summed E-state index contributed by atoms with van der Waals surface area (Å²) in [7, 11) is 0. The molecule has 38 heavy (non-hydrogen) atoms. The maximum absolute atomic E-state index is 13.4. The molecular formula is C25H45N9O4. The molecule has 4 atom stereocenters. The highest BCUT2D eigenvalue weighted by Gasteiger charge is 2.35. The molecule has 0 radical (unpaired) electrons. The van der Waals surface area contributed by atoms with Crippen LogP contribution >= 0.6 is 0 Å². The number of nitrogens with two attached hydrogens (primary N) is 3. The number of amides is 4. The van der Waals surface area contributed by atoms with E-state index in [0.29, 0.717) is 58.0 Å². The van der Waals surface area contributed by atoms with Crippen LogP contribution in [-0.2, 0) is 19.2 Å². The van der Waals surface area contributed by atoms with Crippen LogP contribution in [0, 0.1) is 17.2 Å². The van der Waals surface area contributed by atoms with E-state index in [2.05, 4.69) is 27.0 Å². The van der Waals surface area contributed by atoms with Gasteiger partial charge in [-0.2, -0.15) is 5.26 Å². The molecule has 0 aromatic carbocycles. The summed E-state index contributed by atoms with van der Waals surface area (Å²) in [4.78, 5) is 56.9. The SMILES string of the molecule is CC(=O)NC(CCCCN)C(=O)NC(CC(C)C)C(=O)NC(CCCN=C(N)N)C(=O)N1CCCC1C#N. The van der Waals surface area contributed by atoms with Gasteiger partial charge in [-0.15, -0.1) is 0 Å². The number of nitrogens with one attached hydrogen (secondary N) is 3. The van der Waals surface area contributed by atoms with Crippen molar-refractivity contribution in [1.82, 2.24) is 20.9 Å². The molecule has 4 unspecified atom stereocenters. The number of nitriles is 1. The molecular weight excluding hydrogens is 490 g/mol. The van der Waals surface area contributed by atoms with Crippen molar-refractivity contribution in [2.75, 3.05) is 19.6 Å². The first-order chi connectivity index (χ1) is 18.0. The first kappa shape index (κ1) is 32.6. The van der Waals surface area contributed by atoms with Gasteiger partial charge in [0, 0.05) is 20.0 Å². The number of unbranched alkanes of at least 4 members (excludes halogenated alkanes) is 1. The monoisotopic (exact) mass is 535 g/mol. The van der Waals surface area contributed by atoms with Crippen molar-refractivity contribution in [1.29, 1.82) is 5.26 Å². The first-order valence-electron chi connectivity index (χ1n) is 13.3. The lowest BCUT2D eigenvalue weighted by Crippen LogP contribution is -2.57. The number of guanidine groups is 1. The zero-order chi connectivity index (χ0) is 28.7. The van der Waals surface area contributed by atoms with Gasteiger partial charge in [0.05, 0.1) is 6.07 Å². The molecule has 1 rings (SSSR count). The first-order valence-corrected chi connectivity index (χ1v) is 13.3. The number of hydrogen-bond acceptors (Lipinski definition) is 7. The number of carbonyl (C=O) groups is 4. The Morgan fingerprint density at radius 2 is 1.63 bits per heavy atom. The molecule has 1 fully saturated rings. The Hall–Kier alpha value is -3.40. The molecule has 0 saturated carbocycles. The van der Waals surface area contributed by atoms with Gasteiger partial charge in [0.25, 0.3) is 0 Å². The van der Waals surface area contributed by atoms with E-state index < -0.39 is 36.0 Å². The summed E-state index contributed by atoms with van der Waals surface area (Å²) < 4.78 is 0. The van der Waals surface area contributed by atoms with Crippen LogP contribution in [0.5, 0.6) is 0 Å². The van der Waals surface area contributed by atoms with E-state index in [4.69, 9.17) is 17.2 Å². The van der Waals surface area contributed by atoms with E-state index in [1.807, 2.05) is 13.8 Å². The molecule has 0 aromatic rings. The average molecular weight is 536 g/mol. The summed E-state index contributed by atoms with van der Waals surface area (Å²) in [5.41, 5.74) is 16.3. The minimum Gasteiger partial charge on any atom is -0.370 e. The highest BCUT2D eigenvalue weighted by atomic mass is 16.2. The van der Waals surface area contributed by atoms with E-state index in [0.717, 1.165) is 0 Å². The number of aliphatic imine (C=N–C) groups is 1. The van der Waals surface area contributed by atoms with Crippen molar-refractivity contribution < 1.29 is 19.2 Å². The van der Waals surface area contributed by atoms with Gasteiger partial charge in [-0.05, 0) is 63.8 Å². The van der Waals surface area contributed by atoms with Crippen LogP contribution in [0.4, 0.5) is 0 Å². The van der Waals surface area contributed by atoms with Crippen LogP contribution in [0.15, 0.2) is 4.99 Å². The second-order valence-corrected chi connectivity index (χ2v) is 10.1. The van der Waals surface area contributed by atoms with Crippen LogP contribution in [0.25, 0.3) is 0 Å². The fourth-order valence-electron chi connectivity index (χ4n) is 4.38. The maximum atomic E-state index is 13.4. The van der Waals surface area contributed by atoms with Gasteiger partial charge in [-0.1, -0.05) is 13.8 Å². The molecule has 13 heteroatoms. The molecule has 0 bridgehead atoms.